The molecule has 1 aromatic heterocycles. The minimum absolute atomic E-state index is 0.0933. The van der Waals surface area contributed by atoms with Crippen LogP contribution in [-0.4, -0.2) is 44.6 Å². The fourth-order valence-corrected chi connectivity index (χ4v) is 5.19. The van der Waals surface area contributed by atoms with Crippen molar-refractivity contribution in [1.82, 2.24) is 19.6 Å². The van der Waals surface area contributed by atoms with Crippen LogP contribution in [0.3, 0.4) is 0 Å². The summed E-state index contributed by atoms with van der Waals surface area (Å²) in [7, 11) is 0. The maximum atomic E-state index is 13.9. The molecule has 0 saturated carbocycles. The molecule has 2 heterocycles. The van der Waals surface area contributed by atoms with Crippen LogP contribution in [0.4, 0.5) is 0 Å². The molecule has 5 nitrogen and oxygen atoms in total. The average molecular weight is 473 g/mol. The molecule has 35 heavy (non-hydrogen) atoms. The Kier molecular flexibility index (Phi) is 8.07. The van der Waals surface area contributed by atoms with Gasteiger partial charge in [-0.1, -0.05) is 61.9 Å². The number of carbonyl (C=O) groups excluding carboxylic acids is 1. The van der Waals surface area contributed by atoms with E-state index < -0.39 is 0 Å². The minimum atomic E-state index is -0.134. The summed E-state index contributed by atoms with van der Waals surface area (Å²) in [5, 5.41) is 5.14. The van der Waals surface area contributed by atoms with Gasteiger partial charge >= 0.3 is 0 Å². The zero-order valence-corrected chi connectivity index (χ0v) is 22.0. The van der Waals surface area contributed by atoms with Crippen molar-refractivity contribution in [1.29, 1.82) is 0 Å². The van der Waals surface area contributed by atoms with Crippen molar-refractivity contribution in [2.45, 2.75) is 78.9 Å². The van der Waals surface area contributed by atoms with E-state index in [0.29, 0.717) is 6.54 Å². The van der Waals surface area contributed by atoms with E-state index >= 15 is 0 Å². The van der Waals surface area contributed by atoms with Gasteiger partial charge in [0.15, 0.2) is 0 Å². The van der Waals surface area contributed by atoms with Crippen LogP contribution in [0.5, 0.6) is 0 Å². The molecule has 0 radical (unpaired) electrons. The van der Waals surface area contributed by atoms with Gasteiger partial charge in [0.25, 0.3) is 0 Å². The third-order valence-electron chi connectivity index (χ3n) is 7.17. The van der Waals surface area contributed by atoms with Gasteiger partial charge in [0.05, 0.1) is 29.5 Å². The lowest BCUT2D eigenvalue weighted by molar-refractivity contribution is -0.135. The summed E-state index contributed by atoms with van der Waals surface area (Å²) in [6.07, 6.45) is 2.91. The summed E-state index contributed by atoms with van der Waals surface area (Å²) >= 11 is 0. The molecule has 3 aromatic rings. The van der Waals surface area contributed by atoms with Crippen LogP contribution in [0.15, 0.2) is 54.6 Å². The lowest BCUT2D eigenvalue weighted by Crippen LogP contribution is -2.40. The summed E-state index contributed by atoms with van der Waals surface area (Å²) in [6, 6.07) is 18.9. The van der Waals surface area contributed by atoms with Gasteiger partial charge in [-0.3, -0.25) is 9.69 Å². The molecule has 0 fully saturated rings. The Morgan fingerprint density at radius 2 is 1.77 bits per heavy atom. The molecule has 1 amide bonds. The molecule has 5 heteroatoms. The van der Waals surface area contributed by atoms with Gasteiger partial charge < -0.3 is 4.90 Å². The highest BCUT2D eigenvalue weighted by atomic mass is 16.2. The molecule has 0 bridgehead atoms. The van der Waals surface area contributed by atoms with E-state index in [2.05, 4.69) is 80.6 Å². The molecule has 0 aliphatic carbocycles. The SMILES string of the molecule is CCCN1CCc2c(c(CN(C(=O)[C@H](CC)c3ccccc3)C(C)C)nn2-c2ccc(C)cc2)C1. The largest absolute Gasteiger partial charge is 0.334 e. The molecule has 0 N–H and O–H groups in total. The van der Waals surface area contributed by atoms with Gasteiger partial charge in [0.2, 0.25) is 5.91 Å². The number of aromatic nitrogens is 2. The quantitative estimate of drug-likeness (QED) is 0.390. The molecule has 4 rings (SSSR count). The number of hydrogen-bond donors (Lipinski definition) is 0. The number of amides is 1. The predicted octanol–water partition coefficient (Wildman–Crippen LogP) is 5.88. The number of rotatable bonds is 9. The van der Waals surface area contributed by atoms with E-state index in [-0.39, 0.29) is 17.9 Å². The molecule has 1 aliphatic rings. The lowest BCUT2D eigenvalue weighted by atomic mass is 9.94. The molecular formula is C30H40N4O. The van der Waals surface area contributed by atoms with E-state index in [0.717, 1.165) is 55.8 Å². The van der Waals surface area contributed by atoms with Crippen LogP contribution >= 0.6 is 0 Å². The van der Waals surface area contributed by atoms with E-state index in [4.69, 9.17) is 5.10 Å². The number of nitrogens with zero attached hydrogens (tertiary/aromatic N) is 4. The third-order valence-corrected chi connectivity index (χ3v) is 7.17. The zero-order chi connectivity index (χ0) is 24.9. The van der Waals surface area contributed by atoms with Crippen molar-refractivity contribution in [3.05, 3.63) is 82.7 Å². The van der Waals surface area contributed by atoms with Crippen molar-refractivity contribution < 1.29 is 4.79 Å². The van der Waals surface area contributed by atoms with Crippen LogP contribution in [-0.2, 0) is 24.3 Å². The van der Waals surface area contributed by atoms with Crippen LogP contribution in [0, 0.1) is 6.92 Å². The standard InChI is InChI=1S/C30H40N4O/c1-6-18-32-19-17-29-27(20-32)28(31-34(29)25-15-13-23(5)14-16-25)21-33(22(3)4)30(35)26(7-2)24-11-9-8-10-12-24/h8-16,22,26H,6-7,17-21H2,1-5H3/t26-/m1/s1. The van der Waals surface area contributed by atoms with Crippen LogP contribution in [0.2, 0.25) is 0 Å². The summed E-state index contributed by atoms with van der Waals surface area (Å²) in [5.41, 5.74) is 7.06. The Bertz CT molecular complexity index is 1120. The van der Waals surface area contributed by atoms with Crippen molar-refractivity contribution >= 4 is 5.91 Å². The molecule has 0 unspecified atom stereocenters. The van der Waals surface area contributed by atoms with Crippen molar-refractivity contribution in [3.8, 4) is 5.69 Å². The summed E-state index contributed by atoms with van der Waals surface area (Å²) in [4.78, 5) is 18.4. The minimum Gasteiger partial charge on any atom is -0.334 e. The maximum Gasteiger partial charge on any atom is 0.230 e. The summed E-state index contributed by atoms with van der Waals surface area (Å²) in [5.74, 6) is 0.0544. The number of benzene rings is 2. The van der Waals surface area contributed by atoms with Gasteiger partial charge in [-0.25, -0.2) is 4.68 Å². The number of aryl methyl sites for hydroxylation is 1. The molecular weight excluding hydrogens is 432 g/mol. The summed E-state index contributed by atoms with van der Waals surface area (Å²) < 4.78 is 2.13. The smallest absolute Gasteiger partial charge is 0.230 e. The van der Waals surface area contributed by atoms with E-state index in [1.54, 1.807) is 0 Å². The molecule has 186 valence electrons. The predicted molar refractivity (Wildman–Crippen MR) is 143 cm³/mol. The van der Waals surface area contributed by atoms with Crippen molar-refractivity contribution in [2.24, 2.45) is 0 Å². The summed E-state index contributed by atoms with van der Waals surface area (Å²) in [6.45, 7) is 14.3. The fourth-order valence-electron chi connectivity index (χ4n) is 5.19. The fraction of sp³-hybridized carbons (Fsp3) is 0.467. The zero-order valence-electron chi connectivity index (χ0n) is 22.0. The van der Waals surface area contributed by atoms with Gasteiger partial charge in [0, 0.05) is 31.1 Å². The van der Waals surface area contributed by atoms with Crippen LogP contribution < -0.4 is 0 Å². The highest BCUT2D eigenvalue weighted by molar-refractivity contribution is 5.84. The third kappa shape index (κ3) is 5.51. The Hall–Kier alpha value is -2.92. The average Bonchev–Trinajstić information content (AvgIpc) is 3.21. The number of hydrogen-bond acceptors (Lipinski definition) is 3. The van der Waals surface area contributed by atoms with Crippen LogP contribution in [0.25, 0.3) is 5.69 Å². The molecule has 0 saturated heterocycles. The molecule has 1 aliphatic heterocycles. The van der Waals surface area contributed by atoms with Gasteiger partial charge in [-0.05, 0) is 57.9 Å². The Morgan fingerprint density at radius 3 is 2.40 bits per heavy atom. The Labute approximate surface area is 210 Å². The monoisotopic (exact) mass is 472 g/mol. The number of fused-ring (bicyclic) bond motifs is 1. The first kappa shape index (κ1) is 25.2. The molecule has 1 atom stereocenters. The topological polar surface area (TPSA) is 41.4 Å². The first-order chi connectivity index (χ1) is 16.9. The van der Waals surface area contributed by atoms with E-state index in [1.807, 2.05) is 23.1 Å². The molecule has 2 aromatic carbocycles. The number of carbonyl (C=O) groups is 1. The first-order valence-electron chi connectivity index (χ1n) is 13.2. The van der Waals surface area contributed by atoms with Gasteiger partial charge in [0.1, 0.15) is 0 Å². The normalized spacial score (nSPS) is 14.7. The maximum absolute atomic E-state index is 13.9. The van der Waals surface area contributed by atoms with Crippen LogP contribution in [0.1, 0.15) is 74.5 Å². The highest BCUT2D eigenvalue weighted by Crippen LogP contribution is 2.29. The Morgan fingerprint density at radius 1 is 1.06 bits per heavy atom. The second kappa shape index (κ2) is 11.2. The lowest BCUT2D eigenvalue weighted by Gasteiger charge is -2.31. The molecule has 0 spiro atoms. The van der Waals surface area contributed by atoms with Crippen molar-refractivity contribution in [2.75, 3.05) is 13.1 Å². The highest BCUT2D eigenvalue weighted by Gasteiger charge is 2.31. The Balaban J connectivity index is 1.70. The van der Waals surface area contributed by atoms with Gasteiger partial charge in [-0.2, -0.15) is 5.10 Å². The van der Waals surface area contributed by atoms with E-state index in [9.17, 15) is 4.79 Å². The first-order valence-corrected chi connectivity index (χ1v) is 13.2. The second-order valence-electron chi connectivity index (χ2n) is 10.1. The second-order valence-corrected chi connectivity index (χ2v) is 10.1. The van der Waals surface area contributed by atoms with Gasteiger partial charge in [-0.15, -0.1) is 0 Å². The van der Waals surface area contributed by atoms with E-state index in [1.165, 1.54) is 16.8 Å². The van der Waals surface area contributed by atoms with Crippen molar-refractivity contribution in [3.63, 3.8) is 0 Å².